The van der Waals surface area contributed by atoms with Crippen LogP contribution in [-0.4, -0.2) is 57.9 Å². The van der Waals surface area contributed by atoms with E-state index in [-0.39, 0.29) is 12.5 Å². The molecule has 0 saturated carbocycles. The van der Waals surface area contributed by atoms with Gasteiger partial charge < -0.3 is 24.8 Å². The Balaban J connectivity index is 2.79. The van der Waals surface area contributed by atoms with Crippen LogP contribution in [0.2, 0.25) is 0 Å². The maximum absolute atomic E-state index is 12.5. The number of ether oxygens (including phenoxy) is 3. The molecule has 136 valence electrons. The SMILES string of the molecule is COCC(N)C(=O)N(CCc1ccc(OC)c(OC)c1)CC(C)C. The fourth-order valence-corrected chi connectivity index (χ4v) is 2.52. The molecule has 0 radical (unpaired) electrons. The summed E-state index contributed by atoms with van der Waals surface area (Å²) in [6, 6.07) is 5.17. The second-order valence-electron chi connectivity index (χ2n) is 6.18. The first-order valence-electron chi connectivity index (χ1n) is 8.17. The first kappa shape index (κ1) is 20.3. The lowest BCUT2D eigenvalue weighted by Gasteiger charge is -2.27. The summed E-state index contributed by atoms with van der Waals surface area (Å²) in [4.78, 5) is 14.3. The Hall–Kier alpha value is -1.79. The van der Waals surface area contributed by atoms with Crippen LogP contribution >= 0.6 is 0 Å². The zero-order valence-electron chi connectivity index (χ0n) is 15.4. The third-order valence-electron chi connectivity index (χ3n) is 3.68. The molecular formula is C18H30N2O4. The lowest BCUT2D eigenvalue weighted by atomic mass is 10.1. The molecule has 0 fully saturated rings. The van der Waals surface area contributed by atoms with Crippen LogP contribution in [0, 0.1) is 5.92 Å². The monoisotopic (exact) mass is 338 g/mol. The summed E-state index contributed by atoms with van der Waals surface area (Å²) in [6.07, 6.45) is 0.721. The lowest BCUT2D eigenvalue weighted by molar-refractivity contribution is -0.134. The summed E-state index contributed by atoms with van der Waals surface area (Å²) in [5.74, 6) is 1.67. The summed E-state index contributed by atoms with van der Waals surface area (Å²) < 4.78 is 15.6. The molecule has 6 nitrogen and oxygen atoms in total. The maximum Gasteiger partial charge on any atom is 0.241 e. The molecule has 1 amide bonds. The van der Waals surface area contributed by atoms with Gasteiger partial charge in [-0.05, 0) is 30.0 Å². The molecule has 2 N–H and O–H groups in total. The predicted molar refractivity (Wildman–Crippen MR) is 94.5 cm³/mol. The van der Waals surface area contributed by atoms with Crippen molar-refractivity contribution in [2.24, 2.45) is 11.7 Å². The van der Waals surface area contributed by atoms with Crippen LogP contribution in [0.1, 0.15) is 19.4 Å². The van der Waals surface area contributed by atoms with Gasteiger partial charge in [0.2, 0.25) is 5.91 Å². The van der Waals surface area contributed by atoms with Gasteiger partial charge in [-0.25, -0.2) is 0 Å². The van der Waals surface area contributed by atoms with Crippen molar-refractivity contribution in [1.82, 2.24) is 4.90 Å². The molecule has 0 heterocycles. The Morgan fingerprint density at radius 1 is 1.17 bits per heavy atom. The minimum atomic E-state index is -0.626. The fourth-order valence-electron chi connectivity index (χ4n) is 2.52. The molecule has 1 aromatic rings. The first-order valence-corrected chi connectivity index (χ1v) is 8.17. The van der Waals surface area contributed by atoms with Gasteiger partial charge >= 0.3 is 0 Å². The molecule has 0 aliphatic rings. The van der Waals surface area contributed by atoms with Crippen LogP contribution < -0.4 is 15.2 Å². The number of carbonyl (C=O) groups is 1. The summed E-state index contributed by atoms with van der Waals surface area (Å²) >= 11 is 0. The number of rotatable bonds is 10. The van der Waals surface area contributed by atoms with Crippen LogP contribution in [0.15, 0.2) is 18.2 Å². The quantitative estimate of drug-likeness (QED) is 0.703. The van der Waals surface area contributed by atoms with E-state index >= 15 is 0 Å². The van der Waals surface area contributed by atoms with E-state index in [9.17, 15) is 4.79 Å². The number of benzene rings is 1. The smallest absolute Gasteiger partial charge is 0.241 e. The highest BCUT2D eigenvalue weighted by atomic mass is 16.5. The Kier molecular flexibility index (Phi) is 8.57. The molecule has 0 aliphatic heterocycles. The van der Waals surface area contributed by atoms with E-state index in [4.69, 9.17) is 19.9 Å². The largest absolute Gasteiger partial charge is 0.493 e. The Bertz CT molecular complexity index is 520. The molecule has 1 atom stereocenters. The number of hydrogen-bond donors (Lipinski definition) is 1. The van der Waals surface area contributed by atoms with Crippen molar-refractivity contribution in [1.29, 1.82) is 0 Å². The highest BCUT2D eigenvalue weighted by Gasteiger charge is 2.21. The van der Waals surface area contributed by atoms with E-state index in [0.29, 0.717) is 30.5 Å². The normalized spacial score (nSPS) is 12.1. The van der Waals surface area contributed by atoms with Gasteiger partial charge in [0.15, 0.2) is 11.5 Å². The molecule has 0 saturated heterocycles. The number of nitrogens with two attached hydrogens (primary N) is 1. The second-order valence-corrected chi connectivity index (χ2v) is 6.18. The van der Waals surface area contributed by atoms with Crippen molar-refractivity contribution >= 4 is 5.91 Å². The minimum Gasteiger partial charge on any atom is -0.493 e. The van der Waals surface area contributed by atoms with E-state index in [2.05, 4.69) is 13.8 Å². The molecule has 0 aromatic heterocycles. The summed E-state index contributed by atoms with van der Waals surface area (Å²) in [5.41, 5.74) is 6.98. The number of amides is 1. The van der Waals surface area contributed by atoms with Crippen molar-refractivity contribution in [2.75, 3.05) is 41.0 Å². The van der Waals surface area contributed by atoms with E-state index < -0.39 is 6.04 Å². The van der Waals surface area contributed by atoms with Crippen molar-refractivity contribution in [3.05, 3.63) is 23.8 Å². The number of nitrogens with zero attached hydrogens (tertiary/aromatic N) is 1. The number of carbonyl (C=O) groups excluding carboxylic acids is 1. The topological polar surface area (TPSA) is 74.0 Å². The van der Waals surface area contributed by atoms with E-state index in [1.54, 1.807) is 21.3 Å². The summed E-state index contributed by atoms with van der Waals surface area (Å²) in [5, 5.41) is 0. The van der Waals surface area contributed by atoms with Gasteiger partial charge in [0.05, 0.1) is 20.8 Å². The van der Waals surface area contributed by atoms with E-state index in [1.807, 2.05) is 23.1 Å². The lowest BCUT2D eigenvalue weighted by Crippen LogP contribution is -2.48. The molecular weight excluding hydrogens is 308 g/mol. The number of methoxy groups -OCH3 is 3. The molecule has 24 heavy (non-hydrogen) atoms. The molecule has 1 unspecified atom stereocenters. The zero-order chi connectivity index (χ0) is 18.1. The zero-order valence-corrected chi connectivity index (χ0v) is 15.4. The van der Waals surface area contributed by atoms with Crippen LogP contribution in [0.4, 0.5) is 0 Å². The average Bonchev–Trinajstić information content (AvgIpc) is 2.57. The van der Waals surface area contributed by atoms with E-state index in [1.165, 1.54) is 0 Å². The van der Waals surface area contributed by atoms with Crippen LogP contribution in [0.5, 0.6) is 11.5 Å². The Morgan fingerprint density at radius 3 is 2.38 bits per heavy atom. The third kappa shape index (κ3) is 6.02. The van der Waals surface area contributed by atoms with Gasteiger partial charge in [0.1, 0.15) is 6.04 Å². The maximum atomic E-state index is 12.5. The Labute approximate surface area is 144 Å². The van der Waals surface area contributed by atoms with Gasteiger partial charge in [-0.1, -0.05) is 19.9 Å². The molecule has 6 heteroatoms. The van der Waals surface area contributed by atoms with Crippen LogP contribution in [0.25, 0.3) is 0 Å². The summed E-state index contributed by atoms with van der Waals surface area (Å²) in [6.45, 7) is 5.66. The Morgan fingerprint density at radius 2 is 1.83 bits per heavy atom. The molecule has 0 bridgehead atoms. The average molecular weight is 338 g/mol. The first-order chi connectivity index (χ1) is 11.4. The molecule has 1 rings (SSSR count). The second kappa shape index (κ2) is 10.2. The minimum absolute atomic E-state index is 0.0778. The molecule has 1 aromatic carbocycles. The van der Waals surface area contributed by atoms with Gasteiger partial charge in [-0.3, -0.25) is 4.79 Å². The van der Waals surface area contributed by atoms with Crippen molar-refractivity contribution in [2.45, 2.75) is 26.3 Å². The van der Waals surface area contributed by atoms with Crippen LogP contribution in [-0.2, 0) is 16.0 Å². The molecule has 0 aliphatic carbocycles. The third-order valence-corrected chi connectivity index (χ3v) is 3.68. The highest BCUT2D eigenvalue weighted by Crippen LogP contribution is 2.27. The number of hydrogen-bond acceptors (Lipinski definition) is 5. The molecule has 0 spiro atoms. The van der Waals surface area contributed by atoms with Gasteiger partial charge in [0.25, 0.3) is 0 Å². The standard InChI is InChI=1S/C18H30N2O4/c1-13(2)11-20(18(21)15(19)12-22-3)9-8-14-6-7-16(23-4)17(10-14)24-5/h6-7,10,13,15H,8-9,11-12,19H2,1-5H3. The highest BCUT2D eigenvalue weighted by molar-refractivity contribution is 5.81. The van der Waals surface area contributed by atoms with Crippen LogP contribution in [0.3, 0.4) is 0 Å². The van der Waals surface area contributed by atoms with E-state index in [0.717, 1.165) is 12.0 Å². The van der Waals surface area contributed by atoms with Crippen molar-refractivity contribution in [3.8, 4) is 11.5 Å². The summed E-state index contributed by atoms with van der Waals surface area (Å²) in [7, 11) is 4.77. The van der Waals surface area contributed by atoms with Crippen molar-refractivity contribution < 1.29 is 19.0 Å². The predicted octanol–water partition coefficient (Wildman–Crippen LogP) is 1.70. The van der Waals surface area contributed by atoms with Gasteiger partial charge in [-0.2, -0.15) is 0 Å². The fraction of sp³-hybridized carbons (Fsp3) is 0.611. The van der Waals surface area contributed by atoms with Gasteiger partial charge in [0, 0.05) is 20.2 Å². The van der Waals surface area contributed by atoms with Crippen molar-refractivity contribution in [3.63, 3.8) is 0 Å². The van der Waals surface area contributed by atoms with Gasteiger partial charge in [-0.15, -0.1) is 0 Å².